The maximum Gasteiger partial charge on any atom is 0.416 e. The highest BCUT2D eigenvalue weighted by atomic mass is 19.4. The number of fused-ring (bicyclic) bond motifs is 1. The van der Waals surface area contributed by atoms with Crippen LogP contribution in [0.1, 0.15) is 32.9 Å². The number of nitrogens with one attached hydrogen (secondary N) is 1. The molecule has 0 aliphatic rings. The molecule has 1 N–H and O–H groups in total. The van der Waals surface area contributed by atoms with Gasteiger partial charge in [0.25, 0.3) is 5.91 Å². The van der Waals surface area contributed by atoms with E-state index < -0.39 is 11.7 Å². The predicted molar refractivity (Wildman–Crippen MR) is 87.3 cm³/mol. The van der Waals surface area contributed by atoms with Crippen molar-refractivity contribution in [2.24, 2.45) is 0 Å². The van der Waals surface area contributed by atoms with Crippen molar-refractivity contribution in [1.29, 1.82) is 0 Å². The lowest BCUT2D eigenvalue weighted by atomic mass is 10.1. The predicted octanol–water partition coefficient (Wildman–Crippen LogP) is 3.90. The molecule has 7 heteroatoms. The molecule has 4 nitrogen and oxygen atoms in total. The van der Waals surface area contributed by atoms with Crippen LogP contribution < -0.4 is 5.32 Å². The number of hydrogen-bond donors (Lipinski definition) is 1. The number of amides is 1. The van der Waals surface area contributed by atoms with Gasteiger partial charge in [-0.15, -0.1) is 0 Å². The number of aromatic nitrogens is 2. The summed E-state index contributed by atoms with van der Waals surface area (Å²) in [6.07, 6.45) is -2.65. The molecule has 130 valence electrons. The van der Waals surface area contributed by atoms with Gasteiger partial charge in [0.05, 0.1) is 11.3 Å². The van der Waals surface area contributed by atoms with Gasteiger partial charge in [-0.3, -0.25) is 9.20 Å². The van der Waals surface area contributed by atoms with Crippen LogP contribution in [0.4, 0.5) is 13.2 Å². The largest absolute Gasteiger partial charge is 0.416 e. The van der Waals surface area contributed by atoms with E-state index in [1.165, 1.54) is 6.07 Å². The number of hydrogen-bond acceptors (Lipinski definition) is 2. The molecular formula is C18H16F3N3O. The smallest absolute Gasteiger partial charge is 0.347 e. The number of rotatable bonds is 3. The van der Waals surface area contributed by atoms with E-state index in [1.807, 2.05) is 19.1 Å². The summed E-state index contributed by atoms with van der Waals surface area (Å²) in [6, 6.07) is 8.62. The normalized spacial score (nSPS) is 11.7. The Balaban J connectivity index is 1.81. The summed E-state index contributed by atoms with van der Waals surface area (Å²) >= 11 is 0. The van der Waals surface area contributed by atoms with E-state index >= 15 is 0 Å². The lowest BCUT2D eigenvalue weighted by Gasteiger charge is -2.10. The van der Waals surface area contributed by atoms with E-state index in [0.717, 1.165) is 17.7 Å². The maximum absolute atomic E-state index is 12.8. The molecule has 1 aromatic carbocycles. The van der Waals surface area contributed by atoms with Gasteiger partial charge in [-0.1, -0.05) is 12.1 Å². The van der Waals surface area contributed by atoms with Crippen molar-refractivity contribution in [3.8, 4) is 0 Å². The fourth-order valence-electron chi connectivity index (χ4n) is 2.66. The van der Waals surface area contributed by atoms with Gasteiger partial charge >= 0.3 is 6.18 Å². The second-order valence-electron chi connectivity index (χ2n) is 5.86. The summed E-state index contributed by atoms with van der Waals surface area (Å²) in [5.41, 5.74) is 2.26. The Morgan fingerprint density at radius 3 is 2.68 bits per heavy atom. The van der Waals surface area contributed by atoms with Crippen molar-refractivity contribution in [3.63, 3.8) is 0 Å². The Bertz CT molecular complexity index is 944. The Morgan fingerprint density at radius 2 is 1.96 bits per heavy atom. The Hall–Kier alpha value is -2.83. The minimum atomic E-state index is -4.41. The van der Waals surface area contributed by atoms with Crippen LogP contribution in [0.5, 0.6) is 0 Å². The number of benzene rings is 1. The van der Waals surface area contributed by atoms with Crippen molar-refractivity contribution >= 4 is 11.6 Å². The molecule has 25 heavy (non-hydrogen) atoms. The highest BCUT2D eigenvalue weighted by Gasteiger charge is 2.30. The van der Waals surface area contributed by atoms with Crippen LogP contribution in [0.3, 0.4) is 0 Å². The van der Waals surface area contributed by atoms with Crippen LogP contribution in [-0.2, 0) is 12.7 Å². The zero-order valence-corrected chi connectivity index (χ0v) is 13.7. The van der Waals surface area contributed by atoms with Crippen LogP contribution >= 0.6 is 0 Å². The molecule has 0 bridgehead atoms. The fourth-order valence-corrected chi connectivity index (χ4v) is 2.66. The molecule has 2 aromatic heterocycles. The van der Waals surface area contributed by atoms with Crippen LogP contribution in [0, 0.1) is 13.8 Å². The van der Waals surface area contributed by atoms with Crippen molar-refractivity contribution in [2.45, 2.75) is 26.6 Å². The SMILES string of the molecule is Cc1ccn2c(C(=O)NCc3cccc(C(F)(F)F)c3)c(C)nc2c1. The second kappa shape index (κ2) is 6.23. The first-order valence-corrected chi connectivity index (χ1v) is 7.65. The average Bonchev–Trinajstić information content (AvgIpc) is 2.87. The van der Waals surface area contributed by atoms with Crippen molar-refractivity contribution in [1.82, 2.24) is 14.7 Å². The number of nitrogens with zero attached hydrogens (tertiary/aromatic N) is 2. The molecule has 0 radical (unpaired) electrons. The number of carbonyl (C=O) groups excluding carboxylic acids is 1. The summed E-state index contributed by atoms with van der Waals surface area (Å²) in [5.74, 6) is -0.383. The van der Waals surface area contributed by atoms with E-state index in [-0.39, 0.29) is 12.5 Å². The second-order valence-corrected chi connectivity index (χ2v) is 5.86. The van der Waals surface area contributed by atoms with Crippen LogP contribution in [0.25, 0.3) is 5.65 Å². The van der Waals surface area contributed by atoms with Gasteiger partial charge in [0.15, 0.2) is 0 Å². The number of pyridine rings is 1. The van der Waals surface area contributed by atoms with E-state index in [1.54, 1.807) is 23.6 Å². The number of aryl methyl sites for hydroxylation is 2. The third kappa shape index (κ3) is 3.50. The van der Waals surface area contributed by atoms with Crippen molar-refractivity contribution in [2.75, 3.05) is 0 Å². The molecule has 3 rings (SSSR count). The quantitative estimate of drug-likeness (QED) is 0.781. The van der Waals surface area contributed by atoms with Crippen LogP contribution in [-0.4, -0.2) is 15.3 Å². The van der Waals surface area contributed by atoms with Crippen LogP contribution in [0.2, 0.25) is 0 Å². The molecule has 0 spiro atoms. The van der Waals surface area contributed by atoms with E-state index in [2.05, 4.69) is 10.3 Å². The van der Waals surface area contributed by atoms with Gasteiger partial charge in [0, 0.05) is 12.7 Å². The molecular weight excluding hydrogens is 331 g/mol. The molecule has 0 atom stereocenters. The first-order chi connectivity index (χ1) is 11.8. The first-order valence-electron chi connectivity index (χ1n) is 7.65. The van der Waals surface area contributed by atoms with E-state index in [4.69, 9.17) is 0 Å². The van der Waals surface area contributed by atoms with E-state index in [0.29, 0.717) is 22.6 Å². The topological polar surface area (TPSA) is 46.4 Å². The summed E-state index contributed by atoms with van der Waals surface area (Å²) in [7, 11) is 0. The molecule has 0 saturated carbocycles. The highest BCUT2D eigenvalue weighted by molar-refractivity contribution is 5.94. The number of imidazole rings is 1. The third-order valence-electron chi connectivity index (χ3n) is 3.88. The third-order valence-corrected chi connectivity index (χ3v) is 3.88. The molecule has 3 aromatic rings. The zero-order chi connectivity index (χ0) is 18.2. The van der Waals surface area contributed by atoms with Crippen LogP contribution in [0.15, 0.2) is 42.6 Å². The number of carbonyl (C=O) groups is 1. The highest BCUT2D eigenvalue weighted by Crippen LogP contribution is 2.29. The van der Waals surface area contributed by atoms with Gasteiger partial charge < -0.3 is 5.32 Å². The molecule has 2 heterocycles. The molecule has 0 aliphatic heterocycles. The molecule has 0 fully saturated rings. The average molecular weight is 347 g/mol. The maximum atomic E-state index is 12.8. The summed E-state index contributed by atoms with van der Waals surface area (Å²) in [4.78, 5) is 16.8. The van der Waals surface area contributed by atoms with Gasteiger partial charge in [0.2, 0.25) is 0 Å². The minimum absolute atomic E-state index is 0.00128. The number of halogens is 3. The summed E-state index contributed by atoms with van der Waals surface area (Å²) in [6.45, 7) is 3.65. The standard InChI is InChI=1S/C18H16F3N3O/c1-11-6-7-24-15(8-11)23-12(2)16(24)17(25)22-10-13-4-3-5-14(9-13)18(19,20)21/h3-9H,10H2,1-2H3,(H,22,25). The van der Waals surface area contributed by atoms with Gasteiger partial charge in [0.1, 0.15) is 11.3 Å². The van der Waals surface area contributed by atoms with Gasteiger partial charge in [-0.2, -0.15) is 13.2 Å². The number of alkyl halides is 3. The lowest BCUT2D eigenvalue weighted by Crippen LogP contribution is -2.25. The molecule has 0 aliphatic carbocycles. The lowest BCUT2D eigenvalue weighted by molar-refractivity contribution is -0.137. The fraction of sp³-hybridized carbons (Fsp3) is 0.222. The van der Waals surface area contributed by atoms with Gasteiger partial charge in [-0.05, 0) is 49.2 Å². The molecule has 1 amide bonds. The summed E-state index contributed by atoms with van der Waals surface area (Å²) in [5, 5.41) is 2.66. The van der Waals surface area contributed by atoms with Crippen molar-refractivity contribution in [3.05, 3.63) is 70.7 Å². The molecule has 0 unspecified atom stereocenters. The minimum Gasteiger partial charge on any atom is -0.347 e. The van der Waals surface area contributed by atoms with E-state index in [9.17, 15) is 18.0 Å². The first kappa shape index (κ1) is 17.0. The Labute approximate surface area is 142 Å². The summed E-state index contributed by atoms with van der Waals surface area (Å²) < 4.78 is 39.9. The van der Waals surface area contributed by atoms with Crippen molar-refractivity contribution < 1.29 is 18.0 Å². The Kier molecular flexibility index (Phi) is 4.24. The van der Waals surface area contributed by atoms with Gasteiger partial charge in [-0.25, -0.2) is 4.98 Å². The zero-order valence-electron chi connectivity index (χ0n) is 13.7. The monoisotopic (exact) mass is 347 g/mol. The Morgan fingerprint density at radius 1 is 1.20 bits per heavy atom. The molecule has 0 saturated heterocycles.